The molecule has 6 heteroatoms. The SMILES string of the molecule is CN(c1ccccc1F)c1n[nH]c(=S)n1C. The molecule has 0 aliphatic rings. The van der Waals surface area contributed by atoms with Crippen molar-refractivity contribution in [3.8, 4) is 0 Å². The number of para-hydroxylation sites is 1. The Morgan fingerprint density at radius 1 is 1.44 bits per heavy atom. The third kappa shape index (κ3) is 1.71. The first-order chi connectivity index (χ1) is 7.61. The highest BCUT2D eigenvalue weighted by Crippen LogP contribution is 2.23. The summed E-state index contributed by atoms with van der Waals surface area (Å²) in [5.41, 5.74) is 0.458. The van der Waals surface area contributed by atoms with E-state index >= 15 is 0 Å². The van der Waals surface area contributed by atoms with Crippen LogP contribution in [0.4, 0.5) is 16.0 Å². The molecule has 0 bridgehead atoms. The fraction of sp³-hybridized carbons (Fsp3) is 0.200. The summed E-state index contributed by atoms with van der Waals surface area (Å²) >= 11 is 5.00. The van der Waals surface area contributed by atoms with Crippen molar-refractivity contribution in [2.24, 2.45) is 7.05 Å². The molecule has 0 aliphatic heterocycles. The minimum atomic E-state index is -0.293. The van der Waals surface area contributed by atoms with Crippen molar-refractivity contribution >= 4 is 23.9 Å². The molecule has 0 saturated heterocycles. The van der Waals surface area contributed by atoms with Crippen molar-refractivity contribution in [2.45, 2.75) is 0 Å². The molecule has 84 valence electrons. The second-order valence-corrected chi connectivity index (χ2v) is 3.78. The van der Waals surface area contributed by atoms with E-state index in [1.807, 2.05) is 0 Å². The standard InChI is InChI=1S/C10H11FN4S/c1-14(8-6-4-3-5-7(8)11)9-12-13-10(16)15(9)2/h3-6H,1-2H3,(H,13,16). The second-order valence-electron chi connectivity index (χ2n) is 3.40. The van der Waals surface area contributed by atoms with Crippen LogP contribution in [0.5, 0.6) is 0 Å². The Morgan fingerprint density at radius 2 is 2.12 bits per heavy atom. The van der Waals surface area contributed by atoms with Crippen LogP contribution in [0, 0.1) is 10.6 Å². The summed E-state index contributed by atoms with van der Waals surface area (Å²) in [6, 6.07) is 6.52. The van der Waals surface area contributed by atoms with Crippen LogP contribution in [0.25, 0.3) is 0 Å². The number of anilines is 2. The van der Waals surface area contributed by atoms with E-state index in [9.17, 15) is 4.39 Å². The lowest BCUT2D eigenvalue weighted by atomic mass is 10.3. The first-order valence-electron chi connectivity index (χ1n) is 4.71. The van der Waals surface area contributed by atoms with Gasteiger partial charge in [0.1, 0.15) is 5.82 Å². The molecule has 16 heavy (non-hydrogen) atoms. The Bertz CT molecular complexity index is 560. The van der Waals surface area contributed by atoms with Crippen LogP contribution >= 0.6 is 12.2 Å². The van der Waals surface area contributed by atoms with Crippen molar-refractivity contribution in [2.75, 3.05) is 11.9 Å². The van der Waals surface area contributed by atoms with Crippen LogP contribution in [0.1, 0.15) is 0 Å². The molecule has 1 aromatic heterocycles. The topological polar surface area (TPSA) is 36.9 Å². The highest BCUT2D eigenvalue weighted by atomic mass is 32.1. The number of nitrogens with one attached hydrogen (secondary N) is 1. The van der Waals surface area contributed by atoms with E-state index in [-0.39, 0.29) is 5.82 Å². The number of hydrogen-bond acceptors (Lipinski definition) is 3. The number of H-pyrrole nitrogens is 1. The molecule has 0 aliphatic carbocycles. The second kappa shape index (κ2) is 4.05. The van der Waals surface area contributed by atoms with Gasteiger partial charge in [0.2, 0.25) is 5.95 Å². The van der Waals surface area contributed by atoms with Crippen molar-refractivity contribution in [1.82, 2.24) is 14.8 Å². The average molecular weight is 238 g/mol. The van der Waals surface area contributed by atoms with Gasteiger partial charge in [-0.1, -0.05) is 12.1 Å². The van der Waals surface area contributed by atoms with Gasteiger partial charge in [-0.25, -0.2) is 9.49 Å². The number of nitrogens with zero attached hydrogens (tertiary/aromatic N) is 3. The Kier molecular flexibility index (Phi) is 2.74. The highest BCUT2D eigenvalue weighted by molar-refractivity contribution is 7.71. The molecule has 0 amide bonds. The zero-order valence-electron chi connectivity index (χ0n) is 8.94. The fourth-order valence-corrected chi connectivity index (χ4v) is 1.60. The third-order valence-electron chi connectivity index (χ3n) is 2.37. The molecular formula is C10H11FN4S. The van der Waals surface area contributed by atoms with Crippen LogP contribution in [-0.2, 0) is 7.05 Å². The molecule has 0 fully saturated rings. The van der Waals surface area contributed by atoms with Gasteiger partial charge in [0.05, 0.1) is 5.69 Å². The Balaban J connectivity index is 2.47. The van der Waals surface area contributed by atoms with E-state index in [0.717, 1.165) is 0 Å². The molecule has 0 atom stereocenters. The number of halogens is 1. The van der Waals surface area contributed by atoms with Gasteiger partial charge < -0.3 is 4.90 Å². The smallest absolute Gasteiger partial charge is 0.229 e. The number of aromatic nitrogens is 3. The molecule has 1 heterocycles. The largest absolute Gasteiger partial charge is 0.311 e. The lowest BCUT2D eigenvalue weighted by molar-refractivity contribution is 0.626. The van der Waals surface area contributed by atoms with E-state index < -0.39 is 0 Å². The Hall–Kier alpha value is -1.69. The van der Waals surface area contributed by atoms with E-state index in [4.69, 9.17) is 12.2 Å². The van der Waals surface area contributed by atoms with Crippen LogP contribution in [0.2, 0.25) is 0 Å². The van der Waals surface area contributed by atoms with Gasteiger partial charge in [-0.05, 0) is 24.4 Å². The Morgan fingerprint density at radius 3 is 2.69 bits per heavy atom. The number of rotatable bonds is 2. The van der Waals surface area contributed by atoms with E-state index in [1.54, 1.807) is 41.8 Å². The third-order valence-corrected chi connectivity index (χ3v) is 2.74. The zero-order chi connectivity index (χ0) is 11.7. The summed E-state index contributed by atoms with van der Waals surface area (Å²) in [4.78, 5) is 1.64. The van der Waals surface area contributed by atoms with Gasteiger partial charge >= 0.3 is 0 Å². The molecular weight excluding hydrogens is 227 g/mol. The molecule has 4 nitrogen and oxygen atoms in total. The molecule has 0 spiro atoms. The lowest BCUT2D eigenvalue weighted by Crippen LogP contribution is -2.15. The van der Waals surface area contributed by atoms with Gasteiger partial charge in [-0.2, -0.15) is 0 Å². The molecule has 2 aromatic rings. The molecule has 0 saturated carbocycles. The molecule has 2 rings (SSSR count). The molecule has 0 radical (unpaired) electrons. The summed E-state index contributed by atoms with van der Waals surface area (Å²) in [5.74, 6) is 0.272. The predicted molar refractivity (Wildman–Crippen MR) is 62.9 cm³/mol. The first kappa shape index (κ1) is 10.8. The molecule has 1 aromatic carbocycles. The van der Waals surface area contributed by atoms with E-state index in [2.05, 4.69) is 10.2 Å². The van der Waals surface area contributed by atoms with Crippen LogP contribution in [0.15, 0.2) is 24.3 Å². The van der Waals surface area contributed by atoms with Gasteiger partial charge in [-0.3, -0.25) is 4.57 Å². The molecule has 0 unspecified atom stereocenters. The van der Waals surface area contributed by atoms with Crippen LogP contribution in [0.3, 0.4) is 0 Å². The fourth-order valence-electron chi connectivity index (χ4n) is 1.47. The van der Waals surface area contributed by atoms with Crippen LogP contribution in [-0.4, -0.2) is 21.8 Å². The monoisotopic (exact) mass is 238 g/mol. The number of benzene rings is 1. The number of aromatic amines is 1. The quantitative estimate of drug-likeness (QED) is 0.816. The first-order valence-corrected chi connectivity index (χ1v) is 5.11. The van der Waals surface area contributed by atoms with Crippen molar-refractivity contribution in [1.29, 1.82) is 0 Å². The highest BCUT2D eigenvalue weighted by Gasteiger charge is 2.13. The summed E-state index contributed by atoms with van der Waals surface area (Å²) in [6.07, 6.45) is 0. The predicted octanol–water partition coefficient (Wildman–Crippen LogP) is 2.38. The maximum atomic E-state index is 13.5. The van der Waals surface area contributed by atoms with Gasteiger partial charge in [0.15, 0.2) is 4.77 Å². The zero-order valence-corrected chi connectivity index (χ0v) is 9.75. The number of hydrogen-bond donors (Lipinski definition) is 1. The lowest BCUT2D eigenvalue weighted by Gasteiger charge is -2.17. The van der Waals surface area contributed by atoms with Gasteiger partial charge in [0.25, 0.3) is 0 Å². The summed E-state index contributed by atoms with van der Waals surface area (Å²) in [5, 5.41) is 6.70. The summed E-state index contributed by atoms with van der Waals surface area (Å²) < 4.78 is 15.7. The summed E-state index contributed by atoms with van der Waals surface area (Å²) in [7, 11) is 3.52. The minimum Gasteiger partial charge on any atom is -0.311 e. The average Bonchev–Trinajstić information content (AvgIpc) is 2.60. The van der Waals surface area contributed by atoms with E-state index in [1.165, 1.54) is 6.07 Å². The Labute approximate surface area is 97.3 Å². The van der Waals surface area contributed by atoms with Gasteiger partial charge in [0, 0.05) is 14.1 Å². The van der Waals surface area contributed by atoms with Gasteiger partial charge in [-0.15, -0.1) is 5.10 Å². The normalized spacial score (nSPS) is 10.4. The maximum absolute atomic E-state index is 13.5. The van der Waals surface area contributed by atoms with E-state index in [0.29, 0.717) is 16.4 Å². The van der Waals surface area contributed by atoms with Crippen molar-refractivity contribution in [3.05, 3.63) is 34.9 Å². The maximum Gasteiger partial charge on any atom is 0.229 e. The van der Waals surface area contributed by atoms with Crippen molar-refractivity contribution in [3.63, 3.8) is 0 Å². The minimum absolute atomic E-state index is 0.293. The van der Waals surface area contributed by atoms with Crippen molar-refractivity contribution < 1.29 is 4.39 Å². The van der Waals surface area contributed by atoms with Crippen LogP contribution < -0.4 is 4.90 Å². The molecule has 1 N–H and O–H groups in total. The summed E-state index contributed by atoms with van der Waals surface area (Å²) in [6.45, 7) is 0.